The van der Waals surface area contributed by atoms with Crippen LogP contribution in [0.5, 0.6) is 0 Å². The van der Waals surface area contributed by atoms with E-state index in [4.69, 9.17) is 11.6 Å². The van der Waals surface area contributed by atoms with Crippen molar-refractivity contribution in [2.24, 2.45) is 0 Å². The molecule has 78 valence electrons. The minimum absolute atomic E-state index is 0.439. The van der Waals surface area contributed by atoms with Gasteiger partial charge in [-0.2, -0.15) is 0 Å². The molecule has 0 atom stereocenters. The molecule has 6 heteroatoms. The van der Waals surface area contributed by atoms with Gasteiger partial charge in [0.05, 0.1) is 6.33 Å². The third kappa shape index (κ3) is 2.92. The van der Waals surface area contributed by atoms with Gasteiger partial charge in [0.25, 0.3) is 0 Å². The maximum atomic E-state index is 5.72. The third-order valence-electron chi connectivity index (χ3n) is 1.89. The van der Waals surface area contributed by atoms with Crippen LogP contribution >= 0.6 is 11.6 Å². The second kappa shape index (κ2) is 4.75. The zero-order valence-electron chi connectivity index (χ0n) is 7.94. The summed E-state index contributed by atoms with van der Waals surface area (Å²) in [5, 5.41) is 3.58. The Labute approximate surface area is 91.9 Å². The molecular formula is C9H10ClN5. The first-order chi connectivity index (χ1) is 7.34. The fraction of sp³-hybridized carbons (Fsp3) is 0.222. The van der Waals surface area contributed by atoms with Gasteiger partial charge in [-0.05, 0) is 0 Å². The number of imidazole rings is 1. The van der Waals surface area contributed by atoms with Crippen molar-refractivity contribution in [2.45, 2.75) is 6.42 Å². The van der Waals surface area contributed by atoms with Crippen LogP contribution in [0.25, 0.3) is 0 Å². The van der Waals surface area contributed by atoms with E-state index in [2.05, 4.69) is 25.3 Å². The molecule has 15 heavy (non-hydrogen) atoms. The Bertz CT molecular complexity index is 414. The van der Waals surface area contributed by atoms with Crippen molar-refractivity contribution < 1.29 is 0 Å². The van der Waals surface area contributed by atoms with E-state index in [1.54, 1.807) is 18.6 Å². The molecule has 0 aliphatic carbocycles. The lowest BCUT2D eigenvalue weighted by Crippen LogP contribution is -2.06. The van der Waals surface area contributed by atoms with Crippen molar-refractivity contribution in [2.75, 3.05) is 11.9 Å². The number of anilines is 1. The Morgan fingerprint density at radius 3 is 3.07 bits per heavy atom. The number of H-pyrrole nitrogens is 1. The molecule has 0 saturated carbocycles. The maximum absolute atomic E-state index is 5.72. The topological polar surface area (TPSA) is 66.5 Å². The second-order valence-corrected chi connectivity index (χ2v) is 3.37. The van der Waals surface area contributed by atoms with Crippen molar-refractivity contribution in [1.82, 2.24) is 19.9 Å². The van der Waals surface area contributed by atoms with Gasteiger partial charge in [0.2, 0.25) is 0 Å². The first-order valence-electron chi connectivity index (χ1n) is 4.53. The quantitative estimate of drug-likeness (QED) is 0.771. The molecular weight excluding hydrogens is 214 g/mol. The Morgan fingerprint density at radius 1 is 1.40 bits per heavy atom. The van der Waals surface area contributed by atoms with Crippen LogP contribution in [-0.2, 0) is 6.42 Å². The van der Waals surface area contributed by atoms with E-state index in [1.807, 2.05) is 0 Å². The predicted octanol–water partition coefficient (Wildman–Crippen LogP) is 1.51. The summed E-state index contributed by atoms with van der Waals surface area (Å²) in [6, 6.07) is 1.69. The standard InChI is InChI=1S/C9H10ClN5/c10-8-3-9(15-6-14-8)12-2-1-7-4-11-5-13-7/h3-6H,1-2H2,(H,11,13)(H,12,14,15). The largest absolute Gasteiger partial charge is 0.370 e. The lowest BCUT2D eigenvalue weighted by atomic mass is 10.3. The summed E-state index contributed by atoms with van der Waals surface area (Å²) in [4.78, 5) is 14.8. The lowest BCUT2D eigenvalue weighted by molar-refractivity contribution is 0.964. The Balaban J connectivity index is 1.83. The van der Waals surface area contributed by atoms with E-state index in [1.165, 1.54) is 6.33 Å². The number of halogens is 1. The van der Waals surface area contributed by atoms with Crippen LogP contribution in [-0.4, -0.2) is 26.5 Å². The van der Waals surface area contributed by atoms with E-state index in [0.29, 0.717) is 5.15 Å². The van der Waals surface area contributed by atoms with Gasteiger partial charge in [0.1, 0.15) is 17.3 Å². The van der Waals surface area contributed by atoms with Gasteiger partial charge in [0.15, 0.2) is 0 Å². The van der Waals surface area contributed by atoms with E-state index < -0.39 is 0 Å². The molecule has 0 unspecified atom stereocenters. The number of hydrogen-bond acceptors (Lipinski definition) is 4. The summed E-state index contributed by atoms with van der Waals surface area (Å²) in [5.41, 5.74) is 1.09. The Hall–Kier alpha value is -1.62. The fourth-order valence-corrected chi connectivity index (χ4v) is 1.32. The summed E-state index contributed by atoms with van der Waals surface area (Å²) in [5.74, 6) is 0.731. The molecule has 2 heterocycles. The number of nitrogens with one attached hydrogen (secondary N) is 2. The summed E-state index contributed by atoms with van der Waals surface area (Å²) in [6.07, 6.45) is 5.76. The number of nitrogens with zero attached hydrogens (tertiary/aromatic N) is 3. The van der Waals surface area contributed by atoms with E-state index >= 15 is 0 Å². The van der Waals surface area contributed by atoms with Gasteiger partial charge in [-0.3, -0.25) is 0 Å². The monoisotopic (exact) mass is 223 g/mol. The van der Waals surface area contributed by atoms with E-state index in [0.717, 1.165) is 24.5 Å². The highest BCUT2D eigenvalue weighted by molar-refractivity contribution is 6.29. The Morgan fingerprint density at radius 2 is 2.33 bits per heavy atom. The van der Waals surface area contributed by atoms with Gasteiger partial charge in [0, 0.05) is 30.9 Å². The summed E-state index contributed by atoms with van der Waals surface area (Å²) < 4.78 is 0. The first kappa shape index (κ1) is 9.92. The minimum atomic E-state index is 0.439. The number of aromatic amines is 1. The first-order valence-corrected chi connectivity index (χ1v) is 4.91. The molecule has 0 bridgehead atoms. The average Bonchev–Trinajstić information content (AvgIpc) is 2.71. The highest BCUT2D eigenvalue weighted by atomic mass is 35.5. The number of hydrogen-bond donors (Lipinski definition) is 2. The molecule has 0 spiro atoms. The predicted molar refractivity (Wildman–Crippen MR) is 57.8 cm³/mol. The van der Waals surface area contributed by atoms with E-state index in [9.17, 15) is 0 Å². The zero-order chi connectivity index (χ0) is 10.5. The SMILES string of the molecule is Clc1cc(NCCc2cnc[nH]2)ncn1. The van der Waals surface area contributed by atoms with Gasteiger partial charge < -0.3 is 10.3 Å². The van der Waals surface area contributed by atoms with Crippen molar-refractivity contribution in [3.05, 3.63) is 35.8 Å². The molecule has 5 nitrogen and oxygen atoms in total. The molecule has 2 N–H and O–H groups in total. The molecule has 0 saturated heterocycles. The van der Waals surface area contributed by atoms with Crippen LogP contribution in [0, 0.1) is 0 Å². The normalized spacial score (nSPS) is 10.2. The maximum Gasteiger partial charge on any atom is 0.134 e. The van der Waals surface area contributed by atoms with Crippen LogP contribution in [0.15, 0.2) is 24.9 Å². The average molecular weight is 224 g/mol. The van der Waals surface area contributed by atoms with Gasteiger partial charge >= 0.3 is 0 Å². The molecule has 2 rings (SSSR count). The third-order valence-corrected chi connectivity index (χ3v) is 2.10. The summed E-state index contributed by atoms with van der Waals surface area (Å²) in [7, 11) is 0. The molecule has 2 aromatic heterocycles. The van der Waals surface area contributed by atoms with Crippen molar-refractivity contribution in [3.63, 3.8) is 0 Å². The molecule has 0 fully saturated rings. The highest BCUT2D eigenvalue weighted by Crippen LogP contribution is 2.08. The zero-order valence-corrected chi connectivity index (χ0v) is 8.70. The van der Waals surface area contributed by atoms with Crippen LogP contribution in [0.3, 0.4) is 0 Å². The van der Waals surface area contributed by atoms with E-state index in [-0.39, 0.29) is 0 Å². The Kier molecular flexibility index (Phi) is 3.14. The molecule has 0 aliphatic heterocycles. The van der Waals surface area contributed by atoms with Gasteiger partial charge in [-0.1, -0.05) is 11.6 Å². The molecule has 2 aromatic rings. The van der Waals surface area contributed by atoms with Crippen molar-refractivity contribution >= 4 is 17.4 Å². The molecule has 0 aromatic carbocycles. The van der Waals surface area contributed by atoms with Crippen LogP contribution in [0.1, 0.15) is 5.69 Å². The van der Waals surface area contributed by atoms with Crippen LogP contribution in [0.2, 0.25) is 5.15 Å². The number of rotatable bonds is 4. The molecule has 0 aliphatic rings. The van der Waals surface area contributed by atoms with Gasteiger partial charge in [-0.15, -0.1) is 0 Å². The smallest absolute Gasteiger partial charge is 0.134 e. The summed E-state index contributed by atoms with van der Waals surface area (Å²) in [6.45, 7) is 0.773. The molecule has 0 amide bonds. The number of aromatic nitrogens is 4. The van der Waals surface area contributed by atoms with Gasteiger partial charge in [-0.25, -0.2) is 15.0 Å². The second-order valence-electron chi connectivity index (χ2n) is 2.98. The minimum Gasteiger partial charge on any atom is -0.370 e. The highest BCUT2D eigenvalue weighted by Gasteiger charge is 1.96. The fourth-order valence-electron chi connectivity index (χ4n) is 1.18. The lowest BCUT2D eigenvalue weighted by Gasteiger charge is -2.03. The van der Waals surface area contributed by atoms with Crippen molar-refractivity contribution in [1.29, 1.82) is 0 Å². The van der Waals surface area contributed by atoms with Crippen molar-refractivity contribution in [3.8, 4) is 0 Å². The van der Waals surface area contributed by atoms with Crippen LogP contribution in [0.4, 0.5) is 5.82 Å². The molecule has 0 radical (unpaired) electrons. The summed E-state index contributed by atoms with van der Waals surface area (Å²) >= 11 is 5.72. The van der Waals surface area contributed by atoms with Crippen LogP contribution < -0.4 is 5.32 Å².